The van der Waals surface area contributed by atoms with Gasteiger partial charge in [0.25, 0.3) is 0 Å². The van der Waals surface area contributed by atoms with Crippen LogP contribution in [0.5, 0.6) is 0 Å². The van der Waals surface area contributed by atoms with Gasteiger partial charge in [-0.05, 0) is 24.1 Å². The molecule has 0 radical (unpaired) electrons. The maximum Gasteiger partial charge on any atom is 0.241 e. The number of hydrogen-bond donors (Lipinski definition) is 2. The lowest BCUT2D eigenvalue weighted by Gasteiger charge is -2.16. The van der Waals surface area contributed by atoms with Gasteiger partial charge in [0.15, 0.2) is 5.82 Å². The summed E-state index contributed by atoms with van der Waals surface area (Å²) in [6.07, 6.45) is 5.07. The molecule has 0 fully saturated rings. The zero-order valence-electron chi connectivity index (χ0n) is 10.9. The number of nitrogens with zero attached hydrogens (tertiary/aromatic N) is 3. The summed E-state index contributed by atoms with van der Waals surface area (Å²) in [5.41, 5.74) is 6.41. The van der Waals surface area contributed by atoms with Crippen LogP contribution >= 0.6 is 0 Å². The number of nitrogens with two attached hydrogens (primary N) is 1. The molecule has 0 aliphatic rings. The molecule has 0 saturated carbocycles. The van der Waals surface area contributed by atoms with Crippen LogP contribution in [0.2, 0.25) is 0 Å². The van der Waals surface area contributed by atoms with Crippen LogP contribution < -0.4 is 11.1 Å². The van der Waals surface area contributed by atoms with Crippen LogP contribution in [0.15, 0.2) is 36.8 Å². The fraction of sp³-hybridized carbons (Fsp3) is 0.308. The fourth-order valence-electron chi connectivity index (χ4n) is 1.59. The van der Waals surface area contributed by atoms with E-state index in [1.54, 1.807) is 41.5 Å². The monoisotopic (exact) mass is 259 g/mol. The van der Waals surface area contributed by atoms with Crippen molar-refractivity contribution in [2.45, 2.75) is 19.9 Å². The maximum absolute atomic E-state index is 12.0. The number of aromatic nitrogens is 3. The molecule has 6 heteroatoms. The highest BCUT2D eigenvalue weighted by Crippen LogP contribution is 2.16. The van der Waals surface area contributed by atoms with Crippen molar-refractivity contribution in [3.8, 4) is 5.82 Å². The van der Waals surface area contributed by atoms with E-state index in [0.29, 0.717) is 11.5 Å². The molecule has 1 amide bonds. The number of anilines is 1. The van der Waals surface area contributed by atoms with Gasteiger partial charge in [-0.2, -0.15) is 5.10 Å². The van der Waals surface area contributed by atoms with Crippen LogP contribution in [0.25, 0.3) is 5.82 Å². The first-order chi connectivity index (χ1) is 9.09. The van der Waals surface area contributed by atoms with E-state index in [9.17, 15) is 4.79 Å². The van der Waals surface area contributed by atoms with Gasteiger partial charge in [0.2, 0.25) is 5.91 Å². The lowest BCUT2D eigenvalue weighted by molar-refractivity contribution is -0.118. The van der Waals surface area contributed by atoms with Crippen LogP contribution in [-0.4, -0.2) is 26.7 Å². The van der Waals surface area contributed by atoms with Gasteiger partial charge in [-0.25, -0.2) is 9.67 Å². The predicted octanol–water partition coefficient (Wildman–Crippen LogP) is 1.19. The van der Waals surface area contributed by atoms with Crippen molar-refractivity contribution >= 4 is 11.6 Å². The topological polar surface area (TPSA) is 85.8 Å². The van der Waals surface area contributed by atoms with Gasteiger partial charge in [0.1, 0.15) is 0 Å². The van der Waals surface area contributed by atoms with E-state index in [-0.39, 0.29) is 11.8 Å². The Kier molecular flexibility index (Phi) is 3.91. The third-order valence-electron chi connectivity index (χ3n) is 2.79. The standard InChI is InChI=1S/C13H17N5O/c1-9(2)11(14)13(19)17-10-5-3-6-15-12(10)18-8-4-7-16-18/h3-9,11H,14H2,1-2H3,(H,17,19)/t11-/m0/s1. The minimum Gasteiger partial charge on any atom is -0.322 e. The van der Waals surface area contributed by atoms with Crippen molar-refractivity contribution in [3.63, 3.8) is 0 Å². The molecule has 0 aliphatic heterocycles. The van der Waals surface area contributed by atoms with E-state index in [2.05, 4.69) is 15.4 Å². The number of hydrogen-bond acceptors (Lipinski definition) is 4. The molecule has 2 rings (SSSR count). The largest absolute Gasteiger partial charge is 0.322 e. The van der Waals surface area contributed by atoms with Gasteiger partial charge in [-0.3, -0.25) is 4.79 Å². The summed E-state index contributed by atoms with van der Waals surface area (Å²) in [6.45, 7) is 3.81. The van der Waals surface area contributed by atoms with E-state index < -0.39 is 6.04 Å². The molecule has 19 heavy (non-hydrogen) atoms. The Hall–Kier alpha value is -2.21. The summed E-state index contributed by atoms with van der Waals surface area (Å²) < 4.78 is 1.59. The molecule has 3 N–H and O–H groups in total. The molecule has 100 valence electrons. The Bertz CT molecular complexity index is 550. The molecular formula is C13H17N5O. The first kappa shape index (κ1) is 13.2. The van der Waals surface area contributed by atoms with E-state index in [1.165, 1.54) is 0 Å². The van der Waals surface area contributed by atoms with Crippen molar-refractivity contribution in [3.05, 3.63) is 36.8 Å². The molecule has 0 unspecified atom stereocenters. The minimum absolute atomic E-state index is 0.0739. The van der Waals surface area contributed by atoms with Crippen molar-refractivity contribution in [2.75, 3.05) is 5.32 Å². The summed E-state index contributed by atoms with van der Waals surface area (Å²) in [7, 11) is 0. The lowest BCUT2D eigenvalue weighted by Crippen LogP contribution is -2.40. The maximum atomic E-state index is 12.0. The fourth-order valence-corrected chi connectivity index (χ4v) is 1.59. The number of pyridine rings is 1. The number of nitrogens with one attached hydrogen (secondary N) is 1. The molecule has 0 aliphatic carbocycles. The zero-order chi connectivity index (χ0) is 13.8. The summed E-state index contributed by atoms with van der Waals surface area (Å²) in [4.78, 5) is 16.2. The van der Waals surface area contributed by atoms with Gasteiger partial charge in [0, 0.05) is 18.6 Å². The first-order valence-electron chi connectivity index (χ1n) is 6.11. The van der Waals surface area contributed by atoms with E-state index in [1.807, 2.05) is 13.8 Å². The Labute approximate surface area is 111 Å². The first-order valence-corrected chi connectivity index (χ1v) is 6.11. The number of carbonyl (C=O) groups is 1. The SMILES string of the molecule is CC(C)[C@H](N)C(=O)Nc1cccnc1-n1cccn1. The highest BCUT2D eigenvalue weighted by atomic mass is 16.2. The lowest BCUT2D eigenvalue weighted by atomic mass is 10.1. The number of carbonyl (C=O) groups excluding carboxylic acids is 1. The Balaban J connectivity index is 2.24. The summed E-state index contributed by atoms with van der Waals surface area (Å²) in [6, 6.07) is 4.77. The van der Waals surface area contributed by atoms with E-state index >= 15 is 0 Å². The quantitative estimate of drug-likeness (QED) is 0.863. The molecule has 1 atom stereocenters. The Morgan fingerprint density at radius 1 is 1.37 bits per heavy atom. The molecule has 6 nitrogen and oxygen atoms in total. The molecule has 2 aromatic heterocycles. The second-order valence-corrected chi connectivity index (χ2v) is 4.58. The summed E-state index contributed by atoms with van der Waals surface area (Å²) in [5.74, 6) is 0.415. The summed E-state index contributed by atoms with van der Waals surface area (Å²) in [5, 5.41) is 6.90. The van der Waals surface area contributed by atoms with Crippen LogP contribution in [0, 0.1) is 5.92 Å². The van der Waals surface area contributed by atoms with Gasteiger partial charge >= 0.3 is 0 Å². The molecular weight excluding hydrogens is 242 g/mol. The van der Waals surface area contributed by atoms with Crippen molar-refractivity contribution in [1.82, 2.24) is 14.8 Å². The van der Waals surface area contributed by atoms with Crippen molar-refractivity contribution in [1.29, 1.82) is 0 Å². The van der Waals surface area contributed by atoms with Crippen LogP contribution in [0.4, 0.5) is 5.69 Å². The third-order valence-corrected chi connectivity index (χ3v) is 2.79. The second kappa shape index (κ2) is 5.62. The smallest absolute Gasteiger partial charge is 0.241 e. The summed E-state index contributed by atoms with van der Waals surface area (Å²) >= 11 is 0. The van der Waals surface area contributed by atoms with Crippen LogP contribution in [-0.2, 0) is 4.79 Å². The Morgan fingerprint density at radius 3 is 2.79 bits per heavy atom. The highest BCUT2D eigenvalue weighted by molar-refractivity contribution is 5.96. The van der Waals surface area contributed by atoms with Crippen LogP contribution in [0.3, 0.4) is 0 Å². The number of amides is 1. The zero-order valence-corrected chi connectivity index (χ0v) is 10.9. The minimum atomic E-state index is -0.550. The van der Waals surface area contributed by atoms with Crippen LogP contribution in [0.1, 0.15) is 13.8 Å². The van der Waals surface area contributed by atoms with Gasteiger partial charge in [0.05, 0.1) is 11.7 Å². The molecule has 0 saturated heterocycles. The van der Waals surface area contributed by atoms with Gasteiger partial charge in [-0.1, -0.05) is 13.8 Å². The molecule has 2 heterocycles. The van der Waals surface area contributed by atoms with Gasteiger partial charge < -0.3 is 11.1 Å². The number of rotatable bonds is 4. The van der Waals surface area contributed by atoms with Crippen molar-refractivity contribution < 1.29 is 4.79 Å². The van der Waals surface area contributed by atoms with E-state index in [4.69, 9.17) is 5.73 Å². The predicted molar refractivity (Wildman–Crippen MR) is 72.8 cm³/mol. The highest BCUT2D eigenvalue weighted by Gasteiger charge is 2.18. The average molecular weight is 259 g/mol. The normalized spacial score (nSPS) is 12.4. The molecule has 0 spiro atoms. The second-order valence-electron chi connectivity index (χ2n) is 4.58. The average Bonchev–Trinajstić information content (AvgIpc) is 2.92. The van der Waals surface area contributed by atoms with Crippen molar-refractivity contribution in [2.24, 2.45) is 11.7 Å². The molecule has 0 bridgehead atoms. The van der Waals surface area contributed by atoms with E-state index in [0.717, 1.165) is 0 Å². The molecule has 2 aromatic rings. The van der Waals surface area contributed by atoms with Gasteiger partial charge in [-0.15, -0.1) is 0 Å². The Morgan fingerprint density at radius 2 is 2.16 bits per heavy atom. The third kappa shape index (κ3) is 2.97. The molecule has 0 aromatic carbocycles.